The lowest BCUT2D eigenvalue weighted by Crippen LogP contribution is -2.02. The molecule has 3 heteroatoms. The van der Waals surface area contributed by atoms with Crippen molar-refractivity contribution in [3.8, 4) is 0 Å². The highest BCUT2D eigenvalue weighted by Crippen LogP contribution is 2.35. The van der Waals surface area contributed by atoms with Gasteiger partial charge in [-0.05, 0) is 24.3 Å². The molecule has 1 rings (SSSR count). The molecule has 1 atom stereocenters. The van der Waals surface area contributed by atoms with Crippen LogP contribution in [0.25, 0.3) is 0 Å². The molecule has 0 radical (unpaired) electrons. The van der Waals surface area contributed by atoms with E-state index in [1.165, 1.54) is 22.2 Å². The average molecular weight is 216 g/mol. The number of rotatable bonds is 4. The fourth-order valence-corrected chi connectivity index (χ4v) is 3.72. The zero-order valence-corrected chi connectivity index (χ0v) is 9.37. The summed E-state index contributed by atoms with van der Waals surface area (Å²) in [6, 6.07) is 0. The average Bonchev–Trinajstić information content (AvgIpc) is 2.19. The van der Waals surface area contributed by atoms with Crippen molar-refractivity contribution in [3.05, 3.63) is 23.0 Å². The summed E-state index contributed by atoms with van der Waals surface area (Å²) in [7, 11) is 0. The molecule has 0 amide bonds. The topological polar surface area (TPSA) is 20.2 Å². The lowest BCUT2D eigenvalue weighted by atomic mass is 10.1. The molecule has 1 nitrogen and oxygen atoms in total. The zero-order valence-electron chi connectivity index (χ0n) is 7.74. The number of allylic oxidation sites excluding steroid dienone is 1. The minimum atomic E-state index is 0.233. The Balaban J connectivity index is 2.43. The summed E-state index contributed by atoms with van der Waals surface area (Å²) >= 11 is 3.82. The number of thioether (sulfide) groups is 2. The first-order chi connectivity index (χ1) is 6.36. The van der Waals surface area contributed by atoms with Crippen LogP contribution < -0.4 is 0 Å². The van der Waals surface area contributed by atoms with Crippen LogP contribution in [0.15, 0.2) is 23.0 Å². The summed E-state index contributed by atoms with van der Waals surface area (Å²) < 4.78 is 1.38. The molecule has 0 unspecified atom stereocenters. The molecular weight excluding hydrogens is 200 g/mol. The quantitative estimate of drug-likeness (QED) is 0.730. The van der Waals surface area contributed by atoms with Crippen LogP contribution in [0.2, 0.25) is 0 Å². The van der Waals surface area contributed by atoms with Gasteiger partial charge in [-0.15, -0.1) is 30.1 Å². The van der Waals surface area contributed by atoms with Crippen molar-refractivity contribution in [2.45, 2.75) is 12.8 Å². The van der Waals surface area contributed by atoms with Crippen LogP contribution in [0.3, 0.4) is 0 Å². The Bertz CT molecular complexity index is 181. The summed E-state index contributed by atoms with van der Waals surface area (Å²) in [6.07, 6.45) is 6.24. The van der Waals surface area contributed by atoms with Crippen molar-refractivity contribution in [1.29, 1.82) is 0 Å². The summed E-state index contributed by atoms with van der Waals surface area (Å²) in [5, 5.41) is 9.08. The van der Waals surface area contributed by atoms with Gasteiger partial charge in [-0.1, -0.05) is 12.2 Å². The molecule has 1 heterocycles. The van der Waals surface area contributed by atoms with E-state index in [0.717, 1.165) is 6.42 Å². The first-order valence-corrected chi connectivity index (χ1v) is 6.53. The Morgan fingerprint density at radius 2 is 2.15 bits per heavy atom. The first-order valence-electron chi connectivity index (χ1n) is 4.56. The third-order valence-electron chi connectivity index (χ3n) is 1.85. The van der Waals surface area contributed by atoms with Gasteiger partial charge in [-0.2, -0.15) is 0 Å². The lowest BCUT2D eigenvalue weighted by molar-refractivity contribution is 0.254. The van der Waals surface area contributed by atoms with Crippen molar-refractivity contribution in [1.82, 2.24) is 0 Å². The van der Waals surface area contributed by atoms with E-state index in [1.807, 2.05) is 29.6 Å². The molecule has 0 aromatic heterocycles. The Morgan fingerprint density at radius 1 is 1.46 bits per heavy atom. The molecule has 0 bridgehead atoms. The van der Waals surface area contributed by atoms with E-state index in [9.17, 15) is 0 Å². The molecule has 1 aliphatic heterocycles. The second kappa shape index (κ2) is 6.57. The molecule has 0 aliphatic carbocycles. The van der Waals surface area contributed by atoms with E-state index in [0.29, 0.717) is 0 Å². The minimum absolute atomic E-state index is 0.233. The van der Waals surface area contributed by atoms with Gasteiger partial charge in [0.25, 0.3) is 0 Å². The Kier molecular flexibility index (Phi) is 5.67. The van der Waals surface area contributed by atoms with Crippen LogP contribution in [0.1, 0.15) is 12.8 Å². The predicted octanol–water partition coefficient (Wildman–Crippen LogP) is 2.88. The number of aliphatic hydroxyl groups excluding tert-OH is 1. The lowest BCUT2D eigenvalue weighted by Gasteiger charge is -2.15. The van der Waals surface area contributed by atoms with Gasteiger partial charge in [0.2, 0.25) is 0 Å². The molecule has 1 N–H and O–H groups in total. The molecule has 0 spiro atoms. The van der Waals surface area contributed by atoms with Crippen LogP contribution in [-0.2, 0) is 0 Å². The molecule has 0 saturated carbocycles. The second-order valence-electron chi connectivity index (χ2n) is 3.00. The molecule has 0 aromatic rings. The largest absolute Gasteiger partial charge is 0.396 e. The van der Waals surface area contributed by atoms with Crippen molar-refractivity contribution >= 4 is 23.5 Å². The normalized spacial score (nSPS) is 19.6. The Labute approximate surface area is 88.7 Å². The third kappa shape index (κ3) is 4.25. The highest BCUT2D eigenvalue weighted by atomic mass is 32.2. The maximum absolute atomic E-state index is 9.08. The summed E-state index contributed by atoms with van der Waals surface area (Å²) in [5.74, 6) is 2.72. The zero-order chi connectivity index (χ0) is 9.52. The molecule has 13 heavy (non-hydrogen) atoms. The van der Waals surface area contributed by atoms with Gasteiger partial charge in [0, 0.05) is 16.8 Å². The van der Waals surface area contributed by atoms with Crippen LogP contribution >= 0.6 is 23.5 Å². The maximum Gasteiger partial charge on any atom is 0.0497 e. The van der Waals surface area contributed by atoms with E-state index in [1.54, 1.807) is 0 Å². The van der Waals surface area contributed by atoms with Gasteiger partial charge in [-0.3, -0.25) is 0 Å². The van der Waals surface area contributed by atoms with Crippen molar-refractivity contribution in [2.24, 2.45) is 5.92 Å². The monoisotopic (exact) mass is 216 g/mol. The van der Waals surface area contributed by atoms with Crippen LogP contribution in [0.4, 0.5) is 0 Å². The highest BCUT2D eigenvalue weighted by molar-refractivity contribution is 8.22. The van der Waals surface area contributed by atoms with Crippen molar-refractivity contribution in [2.75, 3.05) is 18.1 Å². The Hall–Kier alpha value is 0.140. The van der Waals surface area contributed by atoms with Gasteiger partial charge < -0.3 is 5.11 Å². The second-order valence-corrected chi connectivity index (χ2v) is 5.54. The van der Waals surface area contributed by atoms with E-state index in [4.69, 9.17) is 5.11 Å². The molecule has 74 valence electrons. The van der Waals surface area contributed by atoms with Gasteiger partial charge in [0.15, 0.2) is 0 Å². The number of hydrogen-bond donors (Lipinski definition) is 1. The van der Waals surface area contributed by atoms with Gasteiger partial charge in [-0.25, -0.2) is 0 Å². The van der Waals surface area contributed by atoms with Crippen LogP contribution in [0.5, 0.6) is 0 Å². The van der Waals surface area contributed by atoms with Gasteiger partial charge in [0.05, 0.1) is 0 Å². The number of hydrogen-bond acceptors (Lipinski definition) is 3. The first kappa shape index (κ1) is 11.2. The summed E-state index contributed by atoms with van der Waals surface area (Å²) in [5.41, 5.74) is 0. The van der Waals surface area contributed by atoms with E-state index < -0.39 is 0 Å². The Morgan fingerprint density at radius 3 is 2.69 bits per heavy atom. The number of aliphatic hydroxyl groups is 1. The fraction of sp³-hybridized carbons (Fsp3) is 0.600. The van der Waals surface area contributed by atoms with Crippen LogP contribution in [-0.4, -0.2) is 23.2 Å². The van der Waals surface area contributed by atoms with E-state index in [2.05, 4.69) is 12.7 Å². The third-order valence-corrected chi connectivity index (χ3v) is 4.39. The SMILES string of the molecule is C=CC[C@H](C=C1SCCCS1)CO. The van der Waals surface area contributed by atoms with Gasteiger partial charge >= 0.3 is 0 Å². The smallest absolute Gasteiger partial charge is 0.0497 e. The van der Waals surface area contributed by atoms with E-state index >= 15 is 0 Å². The van der Waals surface area contributed by atoms with Crippen LogP contribution in [0, 0.1) is 5.92 Å². The molecular formula is C10H16OS2. The summed E-state index contributed by atoms with van der Waals surface area (Å²) in [6.45, 7) is 3.92. The standard InChI is InChI=1S/C10H16OS2/c1-2-4-9(8-11)7-10-12-5-3-6-13-10/h2,7,9,11H,1,3-6,8H2/t9-/m1/s1. The minimum Gasteiger partial charge on any atom is -0.396 e. The maximum atomic E-state index is 9.08. The summed E-state index contributed by atoms with van der Waals surface area (Å²) in [4.78, 5) is 0. The highest BCUT2D eigenvalue weighted by Gasteiger charge is 2.09. The molecule has 1 aliphatic rings. The molecule has 0 aromatic carbocycles. The predicted molar refractivity (Wildman–Crippen MR) is 63.0 cm³/mol. The molecule has 1 fully saturated rings. The van der Waals surface area contributed by atoms with Crippen molar-refractivity contribution < 1.29 is 5.11 Å². The van der Waals surface area contributed by atoms with Gasteiger partial charge in [0.1, 0.15) is 0 Å². The van der Waals surface area contributed by atoms with Crippen molar-refractivity contribution in [3.63, 3.8) is 0 Å². The van der Waals surface area contributed by atoms with E-state index in [-0.39, 0.29) is 12.5 Å². The molecule has 1 saturated heterocycles. The fourth-order valence-electron chi connectivity index (χ4n) is 1.14.